The minimum atomic E-state index is -0.0505. The molecule has 2 rings (SSSR count). The third kappa shape index (κ3) is 3.95. The molecule has 3 atom stereocenters. The zero-order valence-corrected chi connectivity index (χ0v) is 13.2. The number of piperidine rings is 1. The van der Waals surface area contributed by atoms with E-state index in [2.05, 4.69) is 17.1 Å². The topological polar surface area (TPSA) is 41.6 Å². The van der Waals surface area contributed by atoms with E-state index in [1.165, 1.54) is 25.7 Å². The van der Waals surface area contributed by atoms with E-state index in [9.17, 15) is 4.79 Å². The molecule has 0 spiro atoms. The molecular formula is C16H30N2O2. The molecule has 1 N–H and O–H groups in total. The lowest BCUT2D eigenvalue weighted by Crippen LogP contribution is -2.50. The van der Waals surface area contributed by atoms with Gasteiger partial charge < -0.3 is 10.1 Å². The highest BCUT2D eigenvalue weighted by molar-refractivity contribution is 5.72. The van der Waals surface area contributed by atoms with E-state index >= 15 is 0 Å². The van der Waals surface area contributed by atoms with Crippen LogP contribution in [-0.2, 0) is 9.53 Å². The van der Waals surface area contributed by atoms with Crippen molar-refractivity contribution >= 4 is 5.97 Å². The van der Waals surface area contributed by atoms with Crippen LogP contribution in [0.2, 0.25) is 0 Å². The Labute approximate surface area is 123 Å². The zero-order valence-electron chi connectivity index (χ0n) is 13.2. The maximum absolute atomic E-state index is 11.8. The molecule has 2 aliphatic rings. The minimum absolute atomic E-state index is 0.0194. The molecule has 20 heavy (non-hydrogen) atoms. The van der Waals surface area contributed by atoms with E-state index in [0.717, 1.165) is 19.5 Å². The van der Waals surface area contributed by atoms with Crippen molar-refractivity contribution in [2.45, 2.75) is 71.0 Å². The number of nitrogens with zero attached hydrogens (tertiary/aromatic N) is 1. The standard InChI is InChI=1S/C16H30N2O2/c1-4-8-18(11-12(3)16(19)20-5-2)15-9-13-6-7-14(10-15)17-13/h12-15,17H,4-11H2,1-3H3. The van der Waals surface area contributed by atoms with Crippen LogP contribution in [-0.4, -0.2) is 48.7 Å². The van der Waals surface area contributed by atoms with Gasteiger partial charge in [0.05, 0.1) is 12.5 Å². The Bertz CT molecular complexity index is 310. The Morgan fingerprint density at radius 1 is 1.30 bits per heavy atom. The Hall–Kier alpha value is -0.610. The quantitative estimate of drug-likeness (QED) is 0.727. The van der Waals surface area contributed by atoms with Crippen LogP contribution in [0.25, 0.3) is 0 Å². The predicted molar refractivity (Wildman–Crippen MR) is 80.6 cm³/mol. The molecule has 2 heterocycles. The lowest BCUT2D eigenvalue weighted by molar-refractivity contribution is -0.148. The molecular weight excluding hydrogens is 252 g/mol. The molecule has 0 radical (unpaired) electrons. The molecule has 4 nitrogen and oxygen atoms in total. The summed E-state index contributed by atoms with van der Waals surface area (Å²) in [5.41, 5.74) is 0. The molecule has 2 bridgehead atoms. The van der Waals surface area contributed by atoms with Crippen LogP contribution >= 0.6 is 0 Å². The molecule has 3 unspecified atom stereocenters. The molecule has 2 fully saturated rings. The highest BCUT2D eigenvalue weighted by Gasteiger charge is 2.36. The van der Waals surface area contributed by atoms with Crippen LogP contribution in [0.15, 0.2) is 0 Å². The van der Waals surface area contributed by atoms with Gasteiger partial charge in [0.25, 0.3) is 0 Å². The van der Waals surface area contributed by atoms with Crippen LogP contribution in [0.5, 0.6) is 0 Å². The maximum atomic E-state index is 11.8. The number of esters is 1. The van der Waals surface area contributed by atoms with Crippen molar-refractivity contribution in [3.8, 4) is 0 Å². The molecule has 116 valence electrons. The maximum Gasteiger partial charge on any atom is 0.309 e. The van der Waals surface area contributed by atoms with E-state index < -0.39 is 0 Å². The molecule has 0 aromatic rings. The highest BCUT2D eigenvalue weighted by atomic mass is 16.5. The molecule has 0 aromatic carbocycles. The Morgan fingerprint density at radius 2 is 1.95 bits per heavy atom. The van der Waals surface area contributed by atoms with E-state index in [1.54, 1.807) is 0 Å². The lowest BCUT2D eigenvalue weighted by atomic mass is 9.97. The van der Waals surface area contributed by atoms with Gasteiger partial charge in [-0.1, -0.05) is 13.8 Å². The first kappa shape index (κ1) is 15.8. The Morgan fingerprint density at radius 3 is 2.50 bits per heavy atom. The average molecular weight is 282 g/mol. The number of nitrogens with one attached hydrogen (secondary N) is 1. The third-order valence-corrected chi connectivity index (χ3v) is 4.67. The van der Waals surface area contributed by atoms with Gasteiger partial charge in [0.15, 0.2) is 0 Å². The van der Waals surface area contributed by atoms with Crippen molar-refractivity contribution in [3.05, 3.63) is 0 Å². The molecule has 0 aliphatic carbocycles. The first-order chi connectivity index (χ1) is 9.63. The van der Waals surface area contributed by atoms with Gasteiger partial charge in [-0.25, -0.2) is 0 Å². The van der Waals surface area contributed by atoms with Crippen LogP contribution in [0.3, 0.4) is 0 Å². The number of fused-ring (bicyclic) bond motifs is 2. The van der Waals surface area contributed by atoms with Crippen LogP contribution in [0, 0.1) is 5.92 Å². The number of hydrogen-bond donors (Lipinski definition) is 1. The highest BCUT2D eigenvalue weighted by Crippen LogP contribution is 2.30. The first-order valence-electron chi connectivity index (χ1n) is 8.30. The number of carbonyl (C=O) groups excluding carboxylic acids is 1. The summed E-state index contributed by atoms with van der Waals surface area (Å²) < 4.78 is 5.15. The molecule has 0 saturated carbocycles. The SMILES string of the molecule is CCCN(CC(C)C(=O)OCC)C1CC2CCC(C1)N2. The van der Waals surface area contributed by atoms with Crippen LogP contribution in [0.4, 0.5) is 0 Å². The summed E-state index contributed by atoms with van der Waals surface area (Å²) in [6.45, 7) is 8.51. The fourth-order valence-electron chi connectivity index (χ4n) is 3.75. The second kappa shape index (κ2) is 7.41. The van der Waals surface area contributed by atoms with E-state index in [1.807, 2.05) is 13.8 Å². The van der Waals surface area contributed by atoms with Crippen molar-refractivity contribution in [1.82, 2.24) is 10.2 Å². The number of ether oxygens (including phenoxy) is 1. The summed E-state index contributed by atoms with van der Waals surface area (Å²) in [5.74, 6) is -0.0699. The van der Waals surface area contributed by atoms with Crippen molar-refractivity contribution in [2.24, 2.45) is 5.92 Å². The summed E-state index contributed by atoms with van der Waals surface area (Å²) in [7, 11) is 0. The van der Waals surface area contributed by atoms with Gasteiger partial charge in [0.1, 0.15) is 0 Å². The summed E-state index contributed by atoms with van der Waals surface area (Å²) in [5, 5.41) is 3.70. The largest absolute Gasteiger partial charge is 0.466 e. The molecule has 0 aromatic heterocycles. The van der Waals surface area contributed by atoms with Crippen molar-refractivity contribution < 1.29 is 9.53 Å². The molecule has 2 aliphatic heterocycles. The predicted octanol–water partition coefficient (Wildman–Crippen LogP) is 2.18. The van der Waals surface area contributed by atoms with Gasteiger partial charge in [-0.05, 0) is 45.6 Å². The van der Waals surface area contributed by atoms with Gasteiger partial charge in [-0.2, -0.15) is 0 Å². The first-order valence-corrected chi connectivity index (χ1v) is 8.30. The summed E-state index contributed by atoms with van der Waals surface area (Å²) in [6, 6.07) is 2.05. The van der Waals surface area contributed by atoms with Gasteiger partial charge in [-0.3, -0.25) is 9.69 Å². The van der Waals surface area contributed by atoms with Gasteiger partial charge in [0, 0.05) is 24.7 Å². The molecule has 4 heteroatoms. The Balaban J connectivity index is 1.91. The molecule has 2 saturated heterocycles. The van der Waals surface area contributed by atoms with Gasteiger partial charge >= 0.3 is 5.97 Å². The van der Waals surface area contributed by atoms with E-state index in [0.29, 0.717) is 24.7 Å². The zero-order chi connectivity index (χ0) is 14.5. The second-order valence-corrected chi connectivity index (χ2v) is 6.41. The molecule has 0 amide bonds. The summed E-state index contributed by atoms with van der Waals surface area (Å²) in [6.07, 6.45) is 6.29. The number of carbonyl (C=O) groups is 1. The van der Waals surface area contributed by atoms with Crippen LogP contribution < -0.4 is 5.32 Å². The number of rotatable bonds is 7. The fourth-order valence-corrected chi connectivity index (χ4v) is 3.75. The lowest BCUT2D eigenvalue weighted by Gasteiger charge is -2.38. The summed E-state index contributed by atoms with van der Waals surface area (Å²) in [4.78, 5) is 14.4. The number of hydrogen-bond acceptors (Lipinski definition) is 4. The second-order valence-electron chi connectivity index (χ2n) is 6.41. The summed E-state index contributed by atoms with van der Waals surface area (Å²) >= 11 is 0. The van der Waals surface area contributed by atoms with Gasteiger partial charge in [0.2, 0.25) is 0 Å². The minimum Gasteiger partial charge on any atom is -0.466 e. The fraction of sp³-hybridized carbons (Fsp3) is 0.938. The van der Waals surface area contributed by atoms with Gasteiger partial charge in [-0.15, -0.1) is 0 Å². The van der Waals surface area contributed by atoms with E-state index in [4.69, 9.17) is 4.74 Å². The van der Waals surface area contributed by atoms with Crippen molar-refractivity contribution in [2.75, 3.05) is 19.7 Å². The Kier molecular flexibility index (Phi) is 5.85. The smallest absolute Gasteiger partial charge is 0.309 e. The third-order valence-electron chi connectivity index (χ3n) is 4.67. The monoisotopic (exact) mass is 282 g/mol. The van der Waals surface area contributed by atoms with E-state index in [-0.39, 0.29) is 11.9 Å². The van der Waals surface area contributed by atoms with Crippen LogP contribution in [0.1, 0.15) is 52.9 Å². The normalized spacial score (nSPS) is 30.5. The average Bonchev–Trinajstić information content (AvgIpc) is 2.77. The van der Waals surface area contributed by atoms with Crippen molar-refractivity contribution in [1.29, 1.82) is 0 Å². The van der Waals surface area contributed by atoms with Crippen molar-refractivity contribution in [3.63, 3.8) is 0 Å².